The molecular formula is C20H25N3O2. The van der Waals surface area contributed by atoms with Crippen LogP contribution in [0.1, 0.15) is 53.7 Å². The Hall–Kier alpha value is -2.14. The van der Waals surface area contributed by atoms with Gasteiger partial charge < -0.3 is 9.32 Å². The zero-order chi connectivity index (χ0) is 17.4. The van der Waals surface area contributed by atoms with Gasteiger partial charge in [0, 0.05) is 31.6 Å². The van der Waals surface area contributed by atoms with Gasteiger partial charge in [0.05, 0.1) is 0 Å². The number of carbonyl (C=O) groups is 1. The van der Waals surface area contributed by atoms with Crippen molar-refractivity contribution in [3.05, 3.63) is 53.7 Å². The first-order valence-electron chi connectivity index (χ1n) is 9.15. The van der Waals surface area contributed by atoms with Gasteiger partial charge >= 0.3 is 0 Å². The summed E-state index contributed by atoms with van der Waals surface area (Å²) >= 11 is 0. The number of nitrogens with zero attached hydrogens (tertiary/aromatic N) is 3. The van der Waals surface area contributed by atoms with E-state index in [1.807, 2.05) is 0 Å². The van der Waals surface area contributed by atoms with Crippen molar-refractivity contribution in [1.29, 1.82) is 0 Å². The summed E-state index contributed by atoms with van der Waals surface area (Å²) in [5, 5.41) is 0. The van der Waals surface area contributed by atoms with E-state index in [1.54, 1.807) is 6.92 Å². The molecule has 0 aliphatic carbocycles. The molecule has 4 rings (SSSR count). The number of likely N-dealkylation sites (tertiary alicyclic amines) is 2. The normalized spacial score (nSPS) is 27.1. The topological polar surface area (TPSA) is 49.6 Å². The minimum Gasteiger partial charge on any atom is -0.448 e. The summed E-state index contributed by atoms with van der Waals surface area (Å²) in [6, 6.07) is 11.6. The maximum absolute atomic E-state index is 13.0. The Kier molecular flexibility index (Phi) is 4.34. The predicted octanol–water partition coefficient (Wildman–Crippen LogP) is 3.42. The SMILES string of the molecule is Cc1nc(C(=O)N2CCCC[C@@H]3[C@@H]2C[C@H](c2ccccc2)N3C)co1. The van der Waals surface area contributed by atoms with Crippen molar-refractivity contribution in [2.45, 2.75) is 50.7 Å². The van der Waals surface area contributed by atoms with Crippen LogP contribution in [0.3, 0.4) is 0 Å². The van der Waals surface area contributed by atoms with Crippen LogP contribution in [0, 0.1) is 6.92 Å². The Balaban J connectivity index is 1.62. The number of carbonyl (C=O) groups excluding carboxylic acids is 1. The summed E-state index contributed by atoms with van der Waals surface area (Å²) in [6.45, 7) is 2.58. The van der Waals surface area contributed by atoms with Crippen molar-refractivity contribution in [3.63, 3.8) is 0 Å². The van der Waals surface area contributed by atoms with Crippen molar-refractivity contribution in [1.82, 2.24) is 14.8 Å². The van der Waals surface area contributed by atoms with Crippen LogP contribution in [0.15, 0.2) is 41.0 Å². The number of hydrogen-bond acceptors (Lipinski definition) is 4. The van der Waals surface area contributed by atoms with Crippen LogP contribution >= 0.6 is 0 Å². The van der Waals surface area contributed by atoms with Crippen LogP contribution in [-0.4, -0.2) is 46.4 Å². The second-order valence-electron chi connectivity index (χ2n) is 7.21. The van der Waals surface area contributed by atoms with Gasteiger partial charge in [0.25, 0.3) is 5.91 Å². The summed E-state index contributed by atoms with van der Waals surface area (Å²) in [5.41, 5.74) is 1.77. The number of aryl methyl sites for hydroxylation is 1. The standard InChI is InChI=1S/C20H25N3O2/c1-14-21-16(13-25-14)20(24)23-11-7-6-10-17-19(23)12-18(22(17)2)15-8-4-3-5-9-15/h3-5,8-9,13,17-19H,6-7,10-12H2,1-2H3/t17-,18-,19+/m1/s1. The number of likely N-dealkylation sites (N-methyl/N-ethyl adjacent to an activating group) is 1. The lowest BCUT2D eigenvalue weighted by atomic mass is 10.0. The number of hydrogen-bond donors (Lipinski definition) is 0. The maximum atomic E-state index is 13.0. The Morgan fingerprint density at radius 1 is 1.20 bits per heavy atom. The molecule has 3 heterocycles. The lowest BCUT2D eigenvalue weighted by molar-refractivity contribution is 0.0652. The van der Waals surface area contributed by atoms with Crippen LogP contribution in [-0.2, 0) is 0 Å². The highest BCUT2D eigenvalue weighted by molar-refractivity contribution is 5.92. The second-order valence-corrected chi connectivity index (χ2v) is 7.21. The Labute approximate surface area is 148 Å². The van der Waals surface area contributed by atoms with Crippen molar-refractivity contribution >= 4 is 5.91 Å². The summed E-state index contributed by atoms with van der Waals surface area (Å²) in [6.07, 6.45) is 5.83. The largest absolute Gasteiger partial charge is 0.448 e. The molecule has 5 heteroatoms. The van der Waals surface area contributed by atoms with Crippen LogP contribution in [0.5, 0.6) is 0 Å². The van der Waals surface area contributed by atoms with Crippen molar-refractivity contribution in [3.8, 4) is 0 Å². The molecule has 0 bridgehead atoms. The van der Waals surface area contributed by atoms with Crippen LogP contribution in [0.2, 0.25) is 0 Å². The Morgan fingerprint density at radius 3 is 2.72 bits per heavy atom. The van der Waals surface area contributed by atoms with E-state index in [-0.39, 0.29) is 11.9 Å². The quantitative estimate of drug-likeness (QED) is 0.841. The zero-order valence-electron chi connectivity index (χ0n) is 14.9. The highest BCUT2D eigenvalue weighted by Gasteiger charge is 2.44. The molecule has 2 aliphatic heterocycles. The van der Waals surface area contributed by atoms with Gasteiger partial charge in [-0.2, -0.15) is 0 Å². The van der Waals surface area contributed by atoms with E-state index >= 15 is 0 Å². The molecule has 1 aromatic heterocycles. The first kappa shape index (κ1) is 16.3. The smallest absolute Gasteiger partial charge is 0.276 e. The summed E-state index contributed by atoms with van der Waals surface area (Å²) < 4.78 is 5.26. The molecule has 132 valence electrons. The van der Waals surface area contributed by atoms with Gasteiger partial charge in [-0.15, -0.1) is 0 Å². The van der Waals surface area contributed by atoms with Gasteiger partial charge in [0.1, 0.15) is 6.26 Å². The number of fused-ring (bicyclic) bond motifs is 1. The molecule has 2 aromatic rings. The first-order valence-corrected chi connectivity index (χ1v) is 9.15. The van der Waals surface area contributed by atoms with Gasteiger partial charge in [-0.1, -0.05) is 36.8 Å². The molecule has 25 heavy (non-hydrogen) atoms. The van der Waals surface area contributed by atoms with Gasteiger partial charge in [0.15, 0.2) is 11.6 Å². The molecule has 2 saturated heterocycles. The lowest BCUT2D eigenvalue weighted by Crippen LogP contribution is -2.46. The molecule has 3 atom stereocenters. The average molecular weight is 339 g/mol. The highest BCUT2D eigenvalue weighted by atomic mass is 16.3. The van der Waals surface area contributed by atoms with Crippen LogP contribution in [0.4, 0.5) is 0 Å². The lowest BCUT2D eigenvalue weighted by Gasteiger charge is -2.31. The minimum atomic E-state index is 0.0101. The molecule has 2 aliphatic rings. The molecular weight excluding hydrogens is 314 g/mol. The zero-order valence-corrected chi connectivity index (χ0v) is 14.9. The molecule has 1 aromatic carbocycles. The molecule has 2 fully saturated rings. The minimum absolute atomic E-state index is 0.0101. The number of benzene rings is 1. The molecule has 5 nitrogen and oxygen atoms in total. The molecule has 0 spiro atoms. The summed E-state index contributed by atoms with van der Waals surface area (Å²) in [5.74, 6) is 0.552. The second kappa shape index (κ2) is 6.64. The summed E-state index contributed by atoms with van der Waals surface area (Å²) in [7, 11) is 2.20. The van der Waals surface area contributed by atoms with Crippen molar-refractivity contribution in [2.75, 3.05) is 13.6 Å². The van der Waals surface area contributed by atoms with Gasteiger partial charge in [0.2, 0.25) is 0 Å². The fraction of sp³-hybridized carbons (Fsp3) is 0.500. The first-order chi connectivity index (χ1) is 12.1. The Morgan fingerprint density at radius 2 is 2.00 bits per heavy atom. The molecule has 0 unspecified atom stereocenters. The molecule has 0 N–H and O–H groups in total. The van der Waals surface area contributed by atoms with Crippen LogP contribution < -0.4 is 0 Å². The molecule has 0 saturated carbocycles. The predicted molar refractivity (Wildman–Crippen MR) is 95.3 cm³/mol. The maximum Gasteiger partial charge on any atom is 0.276 e. The number of rotatable bonds is 2. The average Bonchev–Trinajstić information content (AvgIpc) is 3.12. The van der Waals surface area contributed by atoms with Gasteiger partial charge in [-0.3, -0.25) is 9.69 Å². The van der Waals surface area contributed by atoms with Gasteiger partial charge in [-0.05, 0) is 31.9 Å². The number of aromatic nitrogens is 1. The van der Waals surface area contributed by atoms with E-state index in [9.17, 15) is 4.79 Å². The van der Waals surface area contributed by atoms with E-state index < -0.39 is 0 Å². The summed E-state index contributed by atoms with van der Waals surface area (Å²) in [4.78, 5) is 21.8. The van der Waals surface area contributed by atoms with Gasteiger partial charge in [-0.25, -0.2) is 4.98 Å². The van der Waals surface area contributed by atoms with E-state index in [4.69, 9.17) is 4.42 Å². The van der Waals surface area contributed by atoms with E-state index in [2.05, 4.69) is 52.2 Å². The monoisotopic (exact) mass is 339 g/mol. The number of oxazole rings is 1. The third-order valence-corrected chi connectivity index (χ3v) is 5.76. The van der Waals surface area contributed by atoms with E-state index in [0.29, 0.717) is 23.7 Å². The van der Waals surface area contributed by atoms with E-state index in [1.165, 1.54) is 11.8 Å². The number of amides is 1. The Bertz CT molecular complexity index is 742. The molecule has 0 radical (unpaired) electrons. The fourth-order valence-corrected chi connectivity index (χ4v) is 4.49. The molecule has 1 amide bonds. The highest BCUT2D eigenvalue weighted by Crippen LogP contribution is 2.40. The van der Waals surface area contributed by atoms with E-state index in [0.717, 1.165) is 32.2 Å². The fourth-order valence-electron chi connectivity index (χ4n) is 4.49. The third kappa shape index (κ3) is 2.97. The van der Waals surface area contributed by atoms with Crippen LogP contribution in [0.25, 0.3) is 0 Å². The third-order valence-electron chi connectivity index (χ3n) is 5.76. The van der Waals surface area contributed by atoms with Crippen molar-refractivity contribution < 1.29 is 9.21 Å². The van der Waals surface area contributed by atoms with Crippen molar-refractivity contribution in [2.24, 2.45) is 0 Å².